The zero-order valence-electron chi connectivity index (χ0n) is 12.8. The monoisotopic (exact) mass is 300 g/mol. The quantitative estimate of drug-likeness (QED) is 0.744. The van der Waals surface area contributed by atoms with Crippen LogP contribution >= 0.6 is 0 Å². The molecule has 21 heavy (non-hydrogen) atoms. The number of esters is 1. The van der Waals surface area contributed by atoms with Gasteiger partial charge in [-0.3, -0.25) is 4.79 Å². The van der Waals surface area contributed by atoms with Gasteiger partial charge in [0, 0.05) is 13.6 Å². The van der Waals surface area contributed by atoms with E-state index in [1.807, 2.05) is 0 Å². The molecule has 120 valence electrons. The summed E-state index contributed by atoms with van der Waals surface area (Å²) in [6, 6.07) is -0.477. The predicted molar refractivity (Wildman–Crippen MR) is 75.8 cm³/mol. The number of urea groups is 1. The maximum atomic E-state index is 12.2. The van der Waals surface area contributed by atoms with Gasteiger partial charge >= 0.3 is 18.0 Å². The largest absolute Gasteiger partial charge is 0.480 e. The van der Waals surface area contributed by atoms with E-state index in [1.54, 1.807) is 6.92 Å². The van der Waals surface area contributed by atoms with E-state index in [4.69, 9.17) is 0 Å². The molecular weight excluding hydrogens is 276 g/mol. The second-order valence-electron chi connectivity index (χ2n) is 5.68. The van der Waals surface area contributed by atoms with Crippen molar-refractivity contribution in [3.8, 4) is 0 Å². The summed E-state index contributed by atoms with van der Waals surface area (Å²) < 4.78 is 4.61. The van der Waals surface area contributed by atoms with Gasteiger partial charge in [0.2, 0.25) is 0 Å². The van der Waals surface area contributed by atoms with Crippen LogP contribution in [0.15, 0.2) is 0 Å². The lowest BCUT2D eigenvalue weighted by molar-refractivity contribution is -0.147. The van der Waals surface area contributed by atoms with Crippen molar-refractivity contribution >= 4 is 18.0 Å². The standard InChI is InChI=1S/C14H24N2O5/c1-10(11(17)21-3)9-16(2)13(20)15-14(12(18)19)7-5-4-6-8-14/h10H,4-9H2,1-3H3,(H,15,20)(H,18,19). The molecule has 1 saturated carbocycles. The average Bonchev–Trinajstić information content (AvgIpc) is 2.46. The first-order chi connectivity index (χ1) is 9.82. The molecule has 7 nitrogen and oxygen atoms in total. The SMILES string of the molecule is COC(=O)C(C)CN(C)C(=O)NC1(C(=O)O)CCCCC1. The van der Waals surface area contributed by atoms with Crippen LogP contribution in [0, 0.1) is 5.92 Å². The van der Waals surface area contributed by atoms with Gasteiger partial charge in [0.1, 0.15) is 5.54 Å². The Kier molecular flexibility index (Phi) is 5.99. The van der Waals surface area contributed by atoms with Crippen LogP contribution in [0.1, 0.15) is 39.0 Å². The van der Waals surface area contributed by atoms with Crippen molar-refractivity contribution in [2.24, 2.45) is 5.92 Å². The van der Waals surface area contributed by atoms with E-state index in [0.717, 1.165) is 19.3 Å². The van der Waals surface area contributed by atoms with E-state index >= 15 is 0 Å². The van der Waals surface area contributed by atoms with Crippen LogP contribution in [-0.2, 0) is 14.3 Å². The van der Waals surface area contributed by atoms with Gasteiger partial charge in [0.25, 0.3) is 0 Å². The lowest BCUT2D eigenvalue weighted by Crippen LogP contribution is -2.58. The molecule has 0 aromatic rings. The number of carboxylic acid groups (broad SMARTS) is 1. The first-order valence-electron chi connectivity index (χ1n) is 7.17. The Hall–Kier alpha value is -1.79. The number of aliphatic carboxylic acids is 1. The molecule has 1 atom stereocenters. The number of methoxy groups -OCH3 is 1. The van der Waals surface area contributed by atoms with Crippen LogP contribution in [0.4, 0.5) is 4.79 Å². The summed E-state index contributed by atoms with van der Waals surface area (Å²) in [5.41, 5.74) is -1.18. The smallest absolute Gasteiger partial charge is 0.329 e. The number of amides is 2. The number of hydrogen-bond acceptors (Lipinski definition) is 4. The third-order valence-electron chi connectivity index (χ3n) is 3.96. The van der Waals surface area contributed by atoms with E-state index in [-0.39, 0.29) is 6.54 Å². The Bertz CT molecular complexity index is 404. The van der Waals surface area contributed by atoms with E-state index in [9.17, 15) is 19.5 Å². The molecule has 7 heteroatoms. The second kappa shape index (κ2) is 7.28. The fraction of sp³-hybridized carbons (Fsp3) is 0.786. The normalized spacial score (nSPS) is 18.4. The van der Waals surface area contributed by atoms with Crippen molar-refractivity contribution < 1.29 is 24.2 Å². The Morgan fingerprint density at radius 3 is 2.33 bits per heavy atom. The molecule has 1 unspecified atom stereocenters. The van der Waals surface area contributed by atoms with E-state index < -0.39 is 29.4 Å². The molecule has 0 saturated heterocycles. The number of carbonyl (C=O) groups excluding carboxylic acids is 2. The first kappa shape index (κ1) is 17.3. The zero-order chi connectivity index (χ0) is 16.0. The van der Waals surface area contributed by atoms with E-state index in [1.165, 1.54) is 19.1 Å². The average molecular weight is 300 g/mol. The second-order valence-corrected chi connectivity index (χ2v) is 5.68. The zero-order valence-corrected chi connectivity index (χ0v) is 12.8. The number of hydrogen-bond donors (Lipinski definition) is 2. The van der Waals surface area contributed by atoms with E-state index in [2.05, 4.69) is 10.1 Å². The summed E-state index contributed by atoms with van der Waals surface area (Å²) in [5.74, 6) is -1.86. The number of nitrogens with one attached hydrogen (secondary N) is 1. The van der Waals surface area contributed by atoms with Crippen molar-refractivity contribution in [3.63, 3.8) is 0 Å². The van der Waals surface area contributed by atoms with E-state index in [0.29, 0.717) is 12.8 Å². The van der Waals surface area contributed by atoms with Gasteiger partial charge in [-0.2, -0.15) is 0 Å². The molecule has 2 amide bonds. The van der Waals surface area contributed by atoms with Crippen LogP contribution in [0.2, 0.25) is 0 Å². The summed E-state index contributed by atoms with van der Waals surface area (Å²) in [6.45, 7) is 1.83. The van der Waals surface area contributed by atoms with Crippen molar-refractivity contribution in [2.75, 3.05) is 20.7 Å². The Labute approximate surface area is 124 Å². The summed E-state index contributed by atoms with van der Waals surface area (Å²) >= 11 is 0. The lowest BCUT2D eigenvalue weighted by Gasteiger charge is -2.35. The molecule has 2 N–H and O–H groups in total. The predicted octanol–water partition coefficient (Wildman–Crippen LogP) is 1.22. The Morgan fingerprint density at radius 1 is 1.29 bits per heavy atom. The molecule has 0 heterocycles. The molecule has 0 bridgehead atoms. The molecule has 0 spiro atoms. The fourth-order valence-corrected chi connectivity index (χ4v) is 2.62. The molecule has 0 aromatic carbocycles. The van der Waals surface area contributed by atoms with Crippen LogP contribution in [0.5, 0.6) is 0 Å². The molecule has 1 fully saturated rings. The van der Waals surface area contributed by atoms with Gasteiger partial charge in [-0.25, -0.2) is 9.59 Å². The van der Waals surface area contributed by atoms with Crippen molar-refractivity contribution in [3.05, 3.63) is 0 Å². The number of carboxylic acids is 1. The minimum atomic E-state index is -1.18. The van der Waals surface area contributed by atoms with Crippen molar-refractivity contribution in [1.82, 2.24) is 10.2 Å². The third-order valence-corrected chi connectivity index (χ3v) is 3.96. The molecule has 0 radical (unpaired) electrons. The van der Waals surface area contributed by atoms with Crippen LogP contribution in [-0.4, -0.2) is 54.2 Å². The third kappa shape index (κ3) is 4.34. The highest BCUT2D eigenvalue weighted by molar-refractivity contribution is 5.86. The molecular formula is C14H24N2O5. The fourth-order valence-electron chi connectivity index (χ4n) is 2.62. The first-order valence-corrected chi connectivity index (χ1v) is 7.17. The van der Waals surface area contributed by atoms with Gasteiger partial charge in [-0.15, -0.1) is 0 Å². The summed E-state index contributed by atoms with van der Waals surface area (Å²) in [7, 11) is 2.83. The lowest BCUT2D eigenvalue weighted by atomic mass is 9.82. The Morgan fingerprint density at radius 2 is 1.86 bits per heavy atom. The maximum Gasteiger partial charge on any atom is 0.329 e. The van der Waals surface area contributed by atoms with Crippen LogP contribution in [0.25, 0.3) is 0 Å². The number of ether oxygens (including phenoxy) is 1. The van der Waals surface area contributed by atoms with Crippen LogP contribution in [0.3, 0.4) is 0 Å². The summed E-state index contributed by atoms with van der Waals surface area (Å²) in [4.78, 5) is 36.3. The molecule has 0 aromatic heterocycles. The van der Waals surface area contributed by atoms with Gasteiger partial charge in [0.05, 0.1) is 13.0 Å². The maximum absolute atomic E-state index is 12.2. The minimum Gasteiger partial charge on any atom is -0.480 e. The van der Waals surface area contributed by atoms with Gasteiger partial charge in [-0.05, 0) is 12.8 Å². The number of rotatable bonds is 5. The summed E-state index contributed by atoms with van der Waals surface area (Å²) in [6.07, 6.45) is 3.44. The highest BCUT2D eigenvalue weighted by Crippen LogP contribution is 2.28. The molecule has 1 aliphatic rings. The minimum absolute atomic E-state index is 0.175. The molecule has 0 aliphatic heterocycles. The van der Waals surface area contributed by atoms with Gasteiger partial charge < -0.3 is 20.1 Å². The number of nitrogens with zero attached hydrogens (tertiary/aromatic N) is 1. The van der Waals surface area contributed by atoms with Gasteiger partial charge in [0.15, 0.2) is 0 Å². The summed E-state index contributed by atoms with van der Waals surface area (Å²) in [5, 5.41) is 12.0. The van der Waals surface area contributed by atoms with Crippen molar-refractivity contribution in [2.45, 2.75) is 44.6 Å². The molecule has 1 rings (SSSR count). The number of carbonyl (C=O) groups is 3. The molecule has 1 aliphatic carbocycles. The van der Waals surface area contributed by atoms with Gasteiger partial charge in [-0.1, -0.05) is 26.2 Å². The highest BCUT2D eigenvalue weighted by atomic mass is 16.5. The topological polar surface area (TPSA) is 95.9 Å². The highest BCUT2D eigenvalue weighted by Gasteiger charge is 2.41. The van der Waals surface area contributed by atoms with Crippen LogP contribution < -0.4 is 5.32 Å². The van der Waals surface area contributed by atoms with Crippen molar-refractivity contribution in [1.29, 1.82) is 0 Å². The Balaban J connectivity index is 2.65.